The molecule has 1 aromatic carbocycles. The predicted octanol–water partition coefficient (Wildman–Crippen LogP) is 2.86. The van der Waals surface area contributed by atoms with Gasteiger partial charge in [0.05, 0.1) is 24.9 Å². The van der Waals surface area contributed by atoms with Gasteiger partial charge in [0.25, 0.3) is 0 Å². The van der Waals surface area contributed by atoms with Crippen LogP contribution in [-0.4, -0.2) is 26.3 Å². The maximum Gasteiger partial charge on any atom is 0.471 e. The van der Waals surface area contributed by atoms with E-state index in [-0.39, 0.29) is 22.2 Å². The van der Waals surface area contributed by atoms with Crippen LogP contribution in [0, 0.1) is 0 Å². The number of benzene rings is 1. The maximum atomic E-state index is 12.1. The summed E-state index contributed by atoms with van der Waals surface area (Å²) >= 11 is 5.77. The van der Waals surface area contributed by atoms with Crippen LogP contribution in [0.4, 0.5) is 18.9 Å². The molecular formula is C10H9ClF3NO3. The normalized spacial score (nSPS) is 11.0. The fourth-order valence-electron chi connectivity index (χ4n) is 1.15. The molecule has 1 rings (SSSR count). The van der Waals surface area contributed by atoms with Crippen molar-refractivity contribution in [2.24, 2.45) is 0 Å². The molecule has 100 valence electrons. The molecule has 0 saturated heterocycles. The second-order valence-corrected chi connectivity index (χ2v) is 3.55. The molecule has 1 amide bonds. The summed E-state index contributed by atoms with van der Waals surface area (Å²) in [7, 11) is 2.53. The molecule has 1 N–H and O–H groups in total. The number of anilines is 1. The van der Waals surface area contributed by atoms with Crippen molar-refractivity contribution in [3.63, 3.8) is 0 Å². The first kappa shape index (κ1) is 14.4. The van der Waals surface area contributed by atoms with E-state index in [0.29, 0.717) is 0 Å². The quantitative estimate of drug-likeness (QED) is 0.928. The number of amides is 1. The lowest BCUT2D eigenvalue weighted by Crippen LogP contribution is -2.30. The topological polar surface area (TPSA) is 47.6 Å². The standard InChI is InChI=1S/C10H9ClF3NO3/c1-17-7-4-6(8(18-2)3-5(7)11)15-9(16)10(12,13)14/h3-4H,1-2H3,(H,15,16). The van der Waals surface area contributed by atoms with E-state index in [0.717, 1.165) is 6.07 Å². The van der Waals surface area contributed by atoms with Gasteiger partial charge in [-0.05, 0) is 0 Å². The average Bonchev–Trinajstić information content (AvgIpc) is 2.29. The Morgan fingerprint density at radius 1 is 1.22 bits per heavy atom. The highest BCUT2D eigenvalue weighted by molar-refractivity contribution is 6.32. The third-order valence-corrected chi connectivity index (χ3v) is 2.27. The molecule has 0 bridgehead atoms. The highest BCUT2D eigenvalue weighted by Crippen LogP contribution is 2.36. The van der Waals surface area contributed by atoms with Gasteiger partial charge in [0, 0.05) is 12.1 Å². The van der Waals surface area contributed by atoms with Crippen LogP contribution < -0.4 is 14.8 Å². The second kappa shape index (κ2) is 5.34. The molecule has 0 radical (unpaired) electrons. The number of nitrogens with one attached hydrogen (secondary N) is 1. The number of halogens is 4. The zero-order valence-corrected chi connectivity index (χ0v) is 10.1. The number of carbonyl (C=O) groups is 1. The molecular weight excluding hydrogens is 275 g/mol. The van der Waals surface area contributed by atoms with E-state index in [9.17, 15) is 18.0 Å². The summed E-state index contributed by atoms with van der Waals surface area (Å²) in [4.78, 5) is 10.8. The second-order valence-electron chi connectivity index (χ2n) is 3.14. The monoisotopic (exact) mass is 283 g/mol. The third kappa shape index (κ3) is 3.19. The molecule has 18 heavy (non-hydrogen) atoms. The largest absolute Gasteiger partial charge is 0.495 e. The summed E-state index contributed by atoms with van der Waals surface area (Å²) in [5.41, 5.74) is -0.180. The maximum absolute atomic E-state index is 12.1. The minimum Gasteiger partial charge on any atom is -0.495 e. The van der Waals surface area contributed by atoms with Gasteiger partial charge in [0.15, 0.2) is 0 Å². The Bertz CT molecular complexity index is 462. The molecule has 0 saturated carbocycles. The van der Waals surface area contributed by atoms with Crippen molar-refractivity contribution in [3.05, 3.63) is 17.2 Å². The van der Waals surface area contributed by atoms with Crippen LogP contribution in [0.3, 0.4) is 0 Å². The molecule has 0 aliphatic heterocycles. The highest BCUT2D eigenvalue weighted by Gasteiger charge is 2.39. The Kier molecular flexibility index (Phi) is 4.28. The molecule has 8 heteroatoms. The van der Waals surface area contributed by atoms with Gasteiger partial charge in [0.2, 0.25) is 0 Å². The van der Waals surface area contributed by atoms with Crippen LogP contribution in [0.1, 0.15) is 0 Å². The number of ether oxygens (including phenoxy) is 2. The van der Waals surface area contributed by atoms with E-state index in [1.54, 1.807) is 5.32 Å². The lowest BCUT2D eigenvalue weighted by Gasteiger charge is -2.13. The zero-order chi connectivity index (χ0) is 13.9. The van der Waals surface area contributed by atoms with E-state index in [1.165, 1.54) is 20.3 Å². The van der Waals surface area contributed by atoms with Gasteiger partial charge < -0.3 is 14.8 Å². The molecule has 0 spiro atoms. The number of hydrogen-bond acceptors (Lipinski definition) is 3. The van der Waals surface area contributed by atoms with Crippen molar-refractivity contribution >= 4 is 23.2 Å². The summed E-state index contributed by atoms with van der Waals surface area (Å²) in [5, 5.41) is 1.83. The fraction of sp³-hybridized carbons (Fsp3) is 0.300. The molecule has 0 aliphatic rings. The Morgan fingerprint density at radius 2 is 1.78 bits per heavy atom. The molecule has 4 nitrogen and oxygen atoms in total. The van der Waals surface area contributed by atoms with Crippen LogP contribution in [0.25, 0.3) is 0 Å². The smallest absolute Gasteiger partial charge is 0.471 e. The number of carbonyl (C=O) groups excluding carboxylic acids is 1. The average molecular weight is 284 g/mol. The number of rotatable bonds is 3. The minimum absolute atomic E-state index is 0.00148. The first-order valence-electron chi connectivity index (χ1n) is 4.59. The van der Waals surface area contributed by atoms with Gasteiger partial charge in [-0.3, -0.25) is 4.79 Å². The van der Waals surface area contributed by atoms with Crippen molar-refractivity contribution in [2.75, 3.05) is 19.5 Å². The van der Waals surface area contributed by atoms with Gasteiger partial charge >= 0.3 is 12.1 Å². The molecule has 0 fully saturated rings. The molecule has 0 heterocycles. The summed E-state index contributed by atoms with van der Waals surface area (Å²) in [6.45, 7) is 0. The molecule has 0 aliphatic carbocycles. The van der Waals surface area contributed by atoms with Gasteiger partial charge in [-0.25, -0.2) is 0 Å². The highest BCUT2D eigenvalue weighted by atomic mass is 35.5. The summed E-state index contributed by atoms with van der Waals surface area (Å²) in [6.07, 6.45) is -4.99. The summed E-state index contributed by atoms with van der Waals surface area (Å²) in [5.74, 6) is -1.99. The van der Waals surface area contributed by atoms with Crippen LogP contribution in [0.15, 0.2) is 12.1 Å². The Morgan fingerprint density at radius 3 is 2.22 bits per heavy atom. The summed E-state index contributed by atoms with van der Waals surface area (Å²) < 4.78 is 46.0. The predicted molar refractivity (Wildman–Crippen MR) is 59.2 cm³/mol. The van der Waals surface area contributed by atoms with E-state index >= 15 is 0 Å². The first-order valence-corrected chi connectivity index (χ1v) is 4.97. The fourth-order valence-corrected chi connectivity index (χ4v) is 1.38. The Hall–Kier alpha value is -1.63. The molecule has 0 unspecified atom stereocenters. The number of alkyl halides is 3. The number of hydrogen-bond donors (Lipinski definition) is 1. The van der Waals surface area contributed by atoms with Gasteiger partial charge in [-0.1, -0.05) is 11.6 Å². The third-order valence-electron chi connectivity index (χ3n) is 1.98. The first-order chi connectivity index (χ1) is 8.29. The van der Waals surface area contributed by atoms with E-state index < -0.39 is 12.1 Å². The Labute approximate surface area is 106 Å². The van der Waals surface area contributed by atoms with Crippen molar-refractivity contribution in [3.8, 4) is 11.5 Å². The Balaban J connectivity index is 3.11. The van der Waals surface area contributed by atoms with Crippen molar-refractivity contribution in [1.82, 2.24) is 0 Å². The van der Waals surface area contributed by atoms with Crippen molar-refractivity contribution in [2.45, 2.75) is 6.18 Å². The minimum atomic E-state index is -4.99. The lowest BCUT2D eigenvalue weighted by atomic mass is 10.2. The van der Waals surface area contributed by atoms with Gasteiger partial charge in [0.1, 0.15) is 11.5 Å². The van der Waals surface area contributed by atoms with Crippen LogP contribution >= 0.6 is 11.6 Å². The van der Waals surface area contributed by atoms with E-state index in [4.69, 9.17) is 21.1 Å². The molecule has 0 atom stereocenters. The zero-order valence-electron chi connectivity index (χ0n) is 9.39. The SMILES string of the molecule is COc1cc(NC(=O)C(F)(F)F)c(OC)cc1Cl. The van der Waals surface area contributed by atoms with Crippen molar-refractivity contribution in [1.29, 1.82) is 0 Å². The van der Waals surface area contributed by atoms with Crippen molar-refractivity contribution < 1.29 is 27.4 Å². The molecule has 0 aromatic heterocycles. The van der Waals surface area contributed by atoms with Crippen LogP contribution in [0.5, 0.6) is 11.5 Å². The van der Waals surface area contributed by atoms with Crippen LogP contribution in [0.2, 0.25) is 5.02 Å². The summed E-state index contributed by atoms with van der Waals surface area (Å²) in [6, 6.07) is 2.39. The van der Waals surface area contributed by atoms with Gasteiger partial charge in [-0.15, -0.1) is 0 Å². The van der Waals surface area contributed by atoms with Crippen LogP contribution in [-0.2, 0) is 4.79 Å². The number of methoxy groups -OCH3 is 2. The van der Waals surface area contributed by atoms with E-state index in [2.05, 4.69) is 0 Å². The molecule has 1 aromatic rings. The van der Waals surface area contributed by atoms with E-state index in [1.807, 2.05) is 0 Å². The van der Waals surface area contributed by atoms with Gasteiger partial charge in [-0.2, -0.15) is 13.2 Å². The lowest BCUT2D eigenvalue weighted by molar-refractivity contribution is -0.167.